The number of likely N-dealkylation sites (N-methyl/N-ethyl adjacent to an activating group) is 1. The number of anilines is 1. The van der Waals surface area contributed by atoms with Crippen LogP contribution in [-0.2, 0) is 0 Å². The van der Waals surface area contributed by atoms with Crippen LogP contribution >= 0.6 is 11.3 Å². The van der Waals surface area contributed by atoms with E-state index in [1.165, 1.54) is 0 Å². The molecule has 8 nitrogen and oxygen atoms in total. The van der Waals surface area contributed by atoms with Crippen molar-refractivity contribution in [2.75, 3.05) is 38.1 Å². The summed E-state index contributed by atoms with van der Waals surface area (Å²) in [7, 11) is 2.15. The highest BCUT2D eigenvalue weighted by Gasteiger charge is 2.20. The van der Waals surface area contributed by atoms with Crippen molar-refractivity contribution in [2.45, 2.75) is 6.04 Å². The van der Waals surface area contributed by atoms with Gasteiger partial charge < -0.3 is 15.5 Å². The summed E-state index contributed by atoms with van der Waals surface area (Å²) in [5.74, 6) is 1.52. The lowest BCUT2D eigenvalue weighted by molar-refractivity contribution is 0.312. The highest BCUT2D eigenvalue weighted by Crippen LogP contribution is 2.26. The van der Waals surface area contributed by atoms with E-state index >= 15 is 0 Å². The van der Waals surface area contributed by atoms with Crippen LogP contribution in [-0.4, -0.2) is 62.5 Å². The summed E-state index contributed by atoms with van der Waals surface area (Å²) in [6.07, 6.45) is 7.36. The van der Waals surface area contributed by atoms with Crippen LogP contribution in [0.3, 0.4) is 0 Å². The Morgan fingerprint density at radius 1 is 1.07 bits per heavy atom. The second kappa shape index (κ2) is 7.51. The van der Waals surface area contributed by atoms with Crippen LogP contribution in [0, 0.1) is 0 Å². The van der Waals surface area contributed by atoms with Gasteiger partial charge in [-0.15, -0.1) is 11.3 Å². The largest absolute Gasteiger partial charge is 0.351 e. The molecule has 1 aliphatic rings. The van der Waals surface area contributed by atoms with Crippen molar-refractivity contribution in [1.29, 1.82) is 0 Å². The molecule has 2 N–H and O–H groups in total. The fraction of sp³-hybridized carbons (Fsp3) is 0.300. The molecule has 0 amide bonds. The average Bonchev–Trinajstić information content (AvgIpc) is 3.44. The summed E-state index contributed by atoms with van der Waals surface area (Å²) in [6, 6.07) is 5.55. The third-order valence-corrected chi connectivity index (χ3v) is 6.23. The molecule has 1 unspecified atom stereocenters. The lowest BCUT2D eigenvalue weighted by atomic mass is 10.2. The monoisotopic (exact) mass is 406 g/mol. The number of thiophene rings is 1. The quantitative estimate of drug-likeness (QED) is 0.555. The predicted octanol–water partition coefficient (Wildman–Crippen LogP) is 2.05. The Morgan fingerprint density at radius 3 is 2.72 bits per heavy atom. The minimum Gasteiger partial charge on any atom is -0.351 e. The zero-order valence-corrected chi connectivity index (χ0v) is 17.0. The third kappa shape index (κ3) is 3.37. The fourth-order valence-electron chi connectivity index (χ4n) is 3.60. The minimum absolute atomic E-state index is 0.336. The number of nitrogens with zero attached hydrogens (tertiary/aromatic N) is 7. The van der Waals surface area contributed by atoms with Crippen molar-refractivity contribution in [2.24, 2.45) is 5.73 Å². The van der Waals surface area contributed by atoms with Crippen molar-refractivity contribution < 1.29 is 0 Å². The Labute approximate surface area is 172 Å². The van der Waals surface area contributed by atoms with Gasteiger partial charge >= 0.3 is 0 Å². The Kier molecular flexibility index (Phi) is 4.70. The number of piperazine rings is 1. The van der Waals surface area contributed by atoms with E-state index in [1.54, 1.807) is 17.5 Å². The van der Waals surface area contributed by atoms with Crippen molar-refractivity contribution in [1.82, 2.24) is 29.2 Å². The molecular formula is C20H22N8S. The summed E-state index contributed by atoms with van der Waals surface area (Å²) in [5.41, 5.74) is 8.91. The van der Waals surface area contributed by atoms with Crippen molar-refractivity contribution in [3.63, 3.8) is 0 Å². The predicted molar refractivity (Wildman–Crippen MR) is 114 cm³/mol. The maximum Gasteiger partial charge on any atom is 0.180 e. The van der Waals surface area contributed by atoms with Crippen LogP contribution in [0.25, 0.3) is 17.0 Å². The molecule has 1 aliphatic heterocycles. The maximum atomic E-state index is 6.37. The number of imidazole rings is 1. The van der Waals surface area contributed by atoms with Crippen LogP contribution in [0.5, 0.6) is 0 Å². The SMILES string of the molecule is CN1CCN(c2nccn3c(-c4ccnc(C(N)c5cccs5)n4)cnc23)CC1. The minimum atomic E-state index is -0.336. The van der Waals surface area contributed by atoms with E-state index in [-0.39, 0.29) is 6.04 Å². The van der Waals surface area contributed by atoms with Gasteiger partial charge in [0.1, 0.15) is 0 Å². The van der Waals surface area contributed by atoms with Gasteiger partial charge in [0.15, 0.2) is 17.3 Å². The molecule has 4 aromatic heterocycles. The normalized spacial score (nSPS) is 16.4. The molecule has 5 heterocycles. The molecule has 1 atom stereocenters. The fourth-order valence-corrected chi connectivity index (χ4v) is 4.32. The molecule has 9 heteroatoms. The van der Waals surface area contributed by atoms with E-state index < -0.39 is 0 Å². The van der Waals surface area contributed by atoms with Crippen LogP contribution in [0.1, 0.15) is 16.7 Å². The van der Waals surface area contributed by atoms with Gasteiger partial charge in [-0.05, 0) is 24.6 Å². The first-order valence-corrected chi connectivity index (χ1v) is 10.5. The summed E-state index contributed by atoms with van der Waals surface area (Å²) in [6.45, 7) is 3.93. The van der Waals surface area contributed by atoms with Gasteiger partial charge in [-0.25, -0.2) is 19.9 Å². The Morgan fingerprint density at radius 2 is 1.93 bits per heavy atom. The van der Waals surface area contributed by atoms with Crippen molar-refractivity contribution >= 4 is 22.8 Å². The second-order valence-corrected chi connectivity index (χ2v) is 8.15. The molecule has 148 valence electrons. The highest BCUT2D eigenvalue weighted by molar-refractivity contribution is 7.10. The van der Waals surface area contributed by atoms with Gasteiger partial charge in [0, 0.05) is 49.6 Å². The molecule has 1 saturated heterocycles. The Balaban J connectivity index is 1.52. The standard InChI is InChI=1S/C20H22N8S/c1-26-8-10-27(11-9-26)19-20-24-13-15(28(20)7-6-23-19)14-4-5-22-18(25-14)17(21)16-3-2-12-29-16/h2-7,12-13,17H,8-11,21H2,1H3. The second-order valence-electron chi connectivity index (χ2n) is 7.17. The maximum absolute atomic E-state index is 6.37. The summed E-state index contributed by atoms with van der Waals surface area (Å²) in [5, 5.41) is 2.01. The van der Waals surface area contributed by atoms with E-state index in [0.717, 1.165) is 53.9 Å². The topological polar surface area (TPSA) is 88.5 Å². The molecule has 5 rings (SSSR count). The molecule has 0 aliphatic carbocycles. The Hall–Kier alpha value is -2.88. The molecule has 0 saturated carbocycles. The van der Waals surface area contributed by atoms with Gasteiger partial charge in [0.05, 0.1) is 23.6 Å². The van der Waals surface area contributed by atoms with Crippen molar-refractivity contribution in [3.8, 4) is 11.4 Å². The molecule has 29 heavy (non-hydrogen) atoms. The van der Waals surface area contributed by atoms with E-state index in [2.05, 4.69) is 31.8 Å². The molecule has 1 fully saturated rings. The summed E-state index contributed by atoms with van der Waals surface area (Å²) in [4.78, 5) is 24.1. The summed E-state index contributed by atoms with van der Waals surface area (Å²) >= 11 is 1.61. The first kappa shape index (κ1) is 18.2. The van der Waals surface area contributed by atoms with E-state index in [4.69, 9.17) is 10.7 Å². The lowest BCUT2D eigenvalue weighted by Crippen LogP contribution is -2.45. The average molecular weight is 407 g/mol. The zero-order valence-electron chi connectivity index (χ0n) is 16.1. The number of aromatic nitrogens is 5. The number of fused-ring (bicyclic) bond motifs is 1. The van der Waals surface area contributed by atoms with Gasteiger partial charge in [0.2, 0.25) is 0 Å². The molecule has 0 spiro atoms. The number of hydrogen-bond donors (Lipinski definition) is 1. The first-order valence-electron chi connectivity index (χ1n) is 9.58. The van der Waals surface area contributed by atoms with Crippen LogP contribution < -0.4 is 10.6 Å². The molecule has 0 radical (unpaired) electrons. The summed E-state index contributed by atoms with van der Waals surface area (Å²) < 4.78 is 2.05. The zero-order chi connectivity index (χ0) is 19.8. The number of nitrogens with two attached hydrogens (primary N) is 1. The van der Waals surface area contributed by atoms with Crippen LogP contribution in [0.2, 0.25) is 0 Å². The van der Waals surface area contributed by atoms with Crippen LogP contribution in [0.15, 0.2) is 48.4 Å². The van der Waals surface area contributed by atoms with E-state index in [1.807, 2.05) is 46.6 Å². The lowest BCUT2D eigenvalue weighted by Gasteiger charge is -2.33. The highest BCUT2D eigenvalue weighted by atomic mass is 32.1. The number of hydrogen-bond acceptors (Lipinski definition) is 8. The third-order valence-electron chi connectivity index (χ3n) is 5.28. The van der Waals surface area contributed by atoms with Gasteiger partial charge in [-0.1, -0.05) is 6.07 Å². The first-order chi connectivity index (χ1) is 14.2. The molecular weight excluding hydrogens is 384 g/mol. The van der Waals surface area contributed by atoms with Gasteiger partial charge in [-0.3, -0.25) is 4.40 Å². The molecule has 4 aromatic rings. The molecule has 0 aromatic carbocycles. The van der Waals surface area contributed by atoms with Gasteiger partial charge in [-0.2, -0.15) is 0 Å². The molecule has 0 bridgehead atoms. The number of rotatable bonds is 4. The van der Waals surface area contributed by atoms with E-state index in [9.17, 15) is 0 Å². The Bertz CT molecular complexity index is 1110. The van der Waals surface area contributed by atoms with Crippen molar-refractivity contribution in [3.05, 3.63) is 59.1 Å². The van der Waals surface area contributed by atoms with Gasteiger partial charge in [0.25, 0.3) is 0 Å². The smallest absolute Gasteiger partial charge is 0.180 e. The van der Waals surface area contributed by atoms with E-state index in [0.29, 0.717) is 5.82 Å². The van der Waals surface area contributed by atoms with Crippen LogP contribution in [0.4, 0.5) is 5.82 Å².